The van der Waals surface area contributed by atoms with Crippen molar-refractivity contribution in [3.63, 3.8) is 0 Å². The third-order valence-electron chi connectivity index (χ3n) is 11.5. The molecule has 320 valence electrons. The molecule has 0 rings (SSSR count). The van der Waals surface area contributed by atoms with Gasteiger partial charge >= 0.3 is 0 Å². The van der Waals surface area contributed by atoms with Crippen LogP contribution in [0.5, 0.6) is 0 Å². The first kappa shape index (κ1) is 52.8. The van der Waals surface area contributed by atoms with Crippen LogP contribution in [0.2, 0.25) is 0 Å². The van der Waals surface area contributed by atoms with Gasteiger partial charge in [-0.3, -0.25) is 0 Å². The fraction of sp³-hybridized carbons (Fsp3) is 1.00. The minimum Gasteiger partial charge on any atom is -0.376 e. The molecular weight excluding hydrogens is 653 g/mol. The lowest BCUT2D eigenvalue weighted by Crippen LogP contribution is -2.35. The van der Waals surface area contributed by atoms with Crippen molar-refractivity contribution in [1.29, 1.82) is 0 Å². The van der Waals surface area contributed by atoms with E-state index >= 15 is 0 Å². The molecule has 0 heterocycles. The molecule has 0 aliphatic heterocycles. The van der Waals surface area contributed by atoms with Crippen LogP contribution in [0.1, 0.15) is 267 Å². The first-order valence-electron chi connectivity index (χ1n) is 24.5. The predicted octanol–water partition coefficient (Wildman–Crippen LogP) is 16.3. The maximum Gasteiger partial charge on any atom is 0.0837 e. The lowest BCUT2D eigenvalue weighted by atomic mass is 10.0. The van der Waals surface area contributed by atoms with Gasteiger partial charge in [0.25, 0.3) is 0 Å². The van der Waals surface area contributed by atoms with Crippen LogP contribution >= 0.6 is 0 Å². The van der Waals surface area contributed by atoms with Crippen molar-refractivity contribution >= 4 is 0 Å². The fourth-order valence-electron chi connectivity index (χ4n) is 7.72. The van der Waals surface area contributed by atoms with E-state index in [1.54, 1.807) is 0 Å². The fourth-order valence-corrected chi connectivity index (χ4v) is 7.72. The largest absolute Gasteiger partial charge is 0.376 e. The summed E-state index contributed by atoms with van der Waals surface area (Å²) in [5, 5.41) is 0. The van der Waals surface area contributed by atoms with Gasteiger partial charge in [0, 0.05) is 19.8 Å². The summed E-state index contributed by atoms with van der Waals surface area (Å²) in [6, 6.07) is 0. The topological polar surface area (TPSA) is 36.9 Å². The third-order valence-corrected chi connectivity index (χ3v) is 11.5. The van der Waals surface area contributed by atoms with Gasteiger partial charge in [-0.15, -0.1) is 0 Å². The van der Waals surface area contributed by atoms with Gasteiger partial charge in [-0.05, 0) is 52.4 Å². The molecule has 0 aromatic carbocycles. The van der Waals surface area contributed by atoms with Gasteiger partial charge in [-0.2, -0.15) is 0 Å². The molecule has 0 saturated heterocycles. The van der Waals surface area contributed by atoms with Crippen molar-refractivity contribution in [2.24, 2.45) is 0 Å². The van der Waals surface area contributed by atoms with Gasteiger partial charge in [0.05, 0.1) is 30.5 Å². The summed E-state index contributed by atoms with van der Waals surface area (Å²) >= 11 is 0. The second-order valence-electron chi connectivity index (χ2n) is 16.9. The second-order valence-corrected chi connectivity index (χ2v) is 16.9. The second kappa shape index (κ2) is 43.0. The quantitative estimate of drug-likeness (QED) is 0.0581. The van der Waals surface area contributed by atoms with E-state index in [0.717, 1.165) is 51.9 Å². The van der Waals surface area contributed by atoms with E-state index in [-0.39, 0.29) is 30.5 Å². The molecular formula is C49H100O4. The summed E-state index contributed by atoms with van der Waals surface area (Å²) in [7, 11) is 0. The summed E-state index contributed by atoms with van der Waals surface area (Å²) in [6.07, 6.45) is 45.0. The third kappa shape index (κ3) is 36.0. The van der Waals surface area contributed by atoms with Crippen LogP contribution in [-0.4, -0.2) is 50.3 Å². The van der Waals surface area contributed by atoms with E-state index in [1.807, 2.05) is 0 Å². The molecule has 0 N–H and O–H groups in total. The van der Waals surface area contributed by atoms with E-state index in [4.69, 9.17) is 18.9 Å². The van der Waals surface area contributed by atoms with Crippen LogP contribution in [0.15, 0.2) is 0 Å². The Hall–Kier alpha value is -0.160. The highest BCUT2D eigenvalue weighted by molar-refractivity contribution is 4.73. The van der Waals surface area contributed by atoms with E-state index in [0.29, 0.717) is 0 Å². The standard InChI is InChI=1S/C49H100O4/c1-8-13-17-21-25-28-32-36-42-50-45(6)48(39-34-30-24-20-16-11-4)52-44-41-47(38-12-5)53-49(40-35-31-27-23-19-15-10-3)46(7)51-43-37-33-29-26-22-18-14-9-2/h45-49H,8-44H2,1-7H3. The Kier molecular flexibility index (Phi) is 42.8. The van der Waals surface area contributed by atoms with Gasteiger partial charge in [-0.25, -0.2) is 0 Å². The van der Waals surface area contributed by atoms with Gasteiger partial charge in [0.15, 0.2) is 0 Å². The van der Waals surface area contributed by atoms with Crippen LogP contribution in [0.4, 0.5) is 0 Å². The van der Waals surface area contributed by atoms with Crippen molar-refractivity contribution in [2.75, 3.05) is 19.8 Å². The molecule has 0 amide bonds. The minimum absolute atomic E-state index is 0.144. The van der Waals surface area contributed by atoms with Crippen LogP contribution in [0.25, 0.3) is 0 Å². The highest BCUT2D eigenvalue weighted by Crippen LogP contribution is 2.22. The van der Waals surface area contributed by atoms with E-state index in [2.05, 4.69) is 48.5 Å². The molecule has 0 spiro atoms. The van der Waals surface area contributed by atoms with Gasteiger partial charge in [0.1, 0.15) is 0 Å². The first-order valence-corrected chi connectivity index (χ1v) is 24.5. The summed E-state index contributed by atoms with van der Waals surface area (Å²) in [6.45, 7) is 18.5. The Morgan fingerprint density at radius 3 is 1.02 bits per heavy atom. The number of rotatable bonds is 45. The molecule has 0 bridgehead atoms. The van der Waals surface area contributed by atoms with E-state index < -0.39 is 0 Å². The van der Waals surface area contributed by atoms with E-state index in [9.17, 15) is 0 Å². The van der Waals surface area contributed by atoms with Crippen LogP contribution < -0.4 is 0 Å². The van der Waals surface area contributed by atoms with Crippen molar-refractivity contribution in [2.45, 2.75) is 297 Å². The molecule has 0 aromatic rings. The Labute approximate surface area is 335 Å². The molecule has 5 unspecified atom stereocenters. The van der Waals surface area contributed by atoms with Crippen LogP contribution in [-0.2, 0) is 18.9 Å². The van der Waals surface area contributed by atoms with Crippen molar-refractivity contribution in [1.82, 2.24) is 0 Å². The van der Waals surface area contributed by atoms with Crippen LogP contribution in [0, 0.1) is 0 Å². The SMILES string of the molecule is CCCCCCCCCCOC(C)C(CCCCCCCC)OCCC(CCC)OC(CCCCCCCCC)C(C)OCCCCCCCCCC. The molecule has 0 aromatic heterocycles. The molecule has 0 fully saturated rings. The Balaban J connectivity index is 5.06. The average Bonchev–Trinajstić information content (AvgIpc) is 3.16. The summed E-state index contributed by atoms with van der Waals surface area (Å²) < 4.78 is 26.7. The number of hydrogen-bond acceptors (Lipinski definition) is 4. The molecule has 5 atom stereocenters. The van der Waals surface area contributed by atoms with Crippen molar-refractivity contribution in [3.8, 4) is 0 Å². The lowest BCUT2D eigenvalue weighted by Gasteiger charge is -2.30. The van der Waals surface area contributed by atoms with Crippen LogP contribution in [0.3, 0.4) is 0 Å². The molecule has 53 heavy (non-hydrogen) atoms. The minimum atomic E-state index is 0.144. The van der Waals surface area contributed by atoms with Gasteiger partial charge < -0.3 is 18.9 Å². The maximum atomic E-state index is 7.01. The maximum absolute atomic E-state index is 7.01. The van der Waals surface area contributed by atoms with Crippen molar-refractivity contribution < 1.29 is 18.9 Å². The van der Waals surface area contributed by atoms with Gasteiger partial charge in [0.2, 0.25) is 0 Å². The summed E-state index contributed by atoms with van der Waals surface area (Å²) in [5.41, 5.74) is 0. The Morgan fingerprint density at radius 1 is 0.283 bits per heavy atom. The molecule has 0 radical (unpaired) electrons. The van der Waals surface area contributed by atoms with Crippen molar-refractivity contribution in [3.05, 3.63) is 0 Å². The normalized spacial score (nSPS) is 14.8. The molecule has 0 aliphatic rings. The molecule has 4 heteroatoms. The summed E-state index contributed by atoms with van der Waals surface area (Å²) in [4.78, 5) is 0. The number of hydrogen-bond donors (Lipinski definition) is 0. The predicted molar refractivity (Wildman–Crippen MR) is 235 cm³/mol. The Morgan fingerprint density at radius 2 is 0.623 bits per heavy atom. The zero-order valence-electron chi connectivity index (χ0n) is 37.7. The zero-order chi connectivity index (χ0) is 38.9. The summed E-state index contributed by atoms with van der Waals surface area (Å²) in [5.74, 6) is 0. The first-order chi connectivity index (χ1) is 26.0. The highest BCUT2D eigenvalue weighted by Gasteiger charge is 2.24. The Bertz CT molecular complexity index is 671. The average molecular weight is 753 g/mol. The molecule has 0 saturated carbocycles. The van der Waals surface area contributed by atoms with Gasteiger partial charge in [-0.1, -0.05) is 214 Å². The number of unbranched alkanes of at least 4 members (excludes halogenated alkanes) is 25. The molecule has 0 aliphatic carbocycles. The molecule has 4 nitrogen and oxygen atoms in total. The van der Waals surface area contributed by atoms with E-state index in [1.165, 1.54) is 186 Å². The smallest absolute Gasteiger partial charge is 0.0837 e. The zero-order valence-corrected chi connectivity index (χ0v) is 37.7. The monoisotopic (exact) mass is 753 g/mol. The highest BCUT2D eigenvalue weighted by atomic mass is 16.6. The lowest BCUT2D eigenvalue weighted by molar-refractivity contribution is -0.116. The number of ether oxygens (including phenoxy) is 4.